The molecule has 0 N–H and O–H groups in total. The Balaban J connectivity index is 2.23. The molecule has 0 bridgehead atoms. The quantitative estimate of drug-likeness (QED) is 0.589. The molecule has 0 saturated carbocycles. The van der Waals surface area contributed by atoms with Gasteiger partial charge in [0, 0.05) is 34.7 Å². The summed E-state index contributed by atoms with van der Waals surface area (Å²) in [5.74, 6) is -0.160. The number of carbonyl (C=O) groups is 1. The number of carbonyl (C=O) groups excluding carboxylic acids is 1. The Bertz CT molecular complexity index is 940. The van der Waals surface area contributed by atoms with Gasteiger partial charge in [-0.2, -0.15) is 5.10 Å². The highest BCUT2D eigenvalue weighted by molar-refractivity contribution is 6.31. The molecule has 134 valence electrons. The Morgan fingerprint density at radius 3 is 2.65 bits per heavy atom. The number of fused-ring (bicyclic) bond motifs is 1. The number of halogens is 1. The summed E-state index contributed by atoms with van der Waals surface area (Å²) in [6.45, 7) is 5.10. The van der Waals surface area contributed by atoms with Gasteiger partial charge >= 0.3 is 0 Å². The summed E-state index contributed by atoms with van der Waals surface area (Å²) in [5, 5.41) is 17.7. The number of amides is 1. The number of nitro groups is 1. The summed E-state index contributed by atoms with van der Waals surface area (Å²) < 4.78 is 0. The van der Waals surface area contributed by atoms with Gasteiger partial charge in [-0.05, 0) is 50.1 Å². The fraction of sp³-hybridized carbons (Fsp3) is 0.263. The first-order chi connectivity index (χ1) is 12.3. The minimum absolute atomic E-state index is 0.0473. The normalized spacial score (nSPS) is 16.5. The van der Waals surface area contributed by atoms with Gasteiger partial charge < -0.3 is 0 Å². The molecule has 2 aromatic carbocycles. The number of nitrogens with zero attached hydrogens (tertiary/aromatic N) is 3. The van der Waals surface area contributed by atoms with E-state index in [-0.39, 0.29) is 17.6 Å². The Labute approximate surface area is 156 Å². The molecule has 6 nitrogen and oxygen atoms in total. The van der Waals surface area contributed by atoms with Crippen molar-refractivity contribution in [1.29, 1.82) is 0 Å². The number of rotatable bonds is 2. The topological polar surface area (TPSA) is 75.8 Å². The number of benzene rings is 2. The third-order valence-electron chi connectivity index (χ3n) is 4.46. The first-order valence-corrected chi connectivity index (χ1v) is 8.58. The second-order valence-corrected chi connectivity index (χ2v) is 6.86. The largest absolute Gasteiger partial charge is 0.273 e. The van der Waals surface area contributed by atoms with Crippen molar-refractivity contribution < 1.29 is 9.72 Å². The van der Waals surface area contributed by atoms with Crippen molar-refractivity contribution in [2.45, 2.75) is 33.2 Å². The molecule has 2 aromatic rings. The van der Waals surface area contributed by atoms with Crippen molar-refractivity contribution in [2.75, 3.05) is 0 Å². The molecule has 1 amide bonds. The molecule has 1 heterocycles. The van der Waals surface area contributed by atoms with E-state index in [0.29, 0.717) is 28.3 Å². The summed E-state index contributed by atoms with van der Waals surface area (Å²) in [4.78, 5) is 22.8. The van der Waals surface area contributed by atoms with E-state index in [2.05, 4.69) is 5.10 Å². The molecule has 0 saturated heterocycles. The summed E-state index contributed by atoms with van der Waals surface area (Å²) in [6, 6.07) is 10.3. The SMILES string of the molecule is CC(=O)N1N=C(c2ccc([N+](=O)[O-])c(C)c2)c2cc(Cl)ccc2C[C@@H]1C. The number of hydrogen-bond acceptors (Lipinski definition) is 4. The maximum Gasteiger partial charge on any atom is 0.272 e. The summed E-state index contributed by atoms with van der Waals surface area (Å²) in [7, 11) is 0. The zero-order chi connectivity index (χ0) is 19.0. The van der Waals surface area contributed by atoms with Crippen LogP contribution in [0.15, 0.2) is 41.5 Å². The lowest BCUT2D eigenvalue weighted by Crippen LogP contribution is -2.33. The highest BCUT2D eigenvalue weighted by atomic mass is 35.5. The first kappa shape index (κ1) is 18.1. The summed E-state index contributed by atoms with van der Waals surface area (Å²) >= 11 is 6.19. The monoisotopic (exact) mass is 371 g/mol. The lowest BCUT2D eigenvalue weighted by Gasteiger charge is -2.21. The Hall–Kier alpha value is -2.73. The van der Waals surface area contributed by atoms with Crippen LogP contribution in [0.1, 0.15) is 36.1 Å². The molecule has 0 radical (unpaired) electrons. The second-order valence-electron chi connectivity index (χ2n) is 6.43. The van der Waals surface area contributed by atoms with Crippen molar-refractivity contribution in [3.63, 3.8) is 0 Å². The average molecular weight is 372 g/mol. The lowest BCUT2D eigenvalue weighted by molar-refractivity contribution is -0.385. The van der Waals surface area contributed by atoms with Crippen molar-refractivity contribution in [1.82, 2.24) is 5.01 Å². The van der Waals surface area contributed by atoms with Gasteiger partial charge in [0.1, 0.15) is 0 Å². The molecule has 0 spiro atoms. The first-order valence-electron chi connectivity index (χ1n) is 8.20. The molecule has 1 aliphatic rings. The highest BCUT2D eigenvalue weighted by Gasteiger charge is 2.26. The van der Waals surface area contributed by atoms with Crippen LogP contribution in [0.5, 0.6) is 0 Å². The molecule has 0 fully saturated rings. The Morgan fingerprint density at radius 1 is 1.31 bits per heavy atom. The predicted octanol–water partition coefficient (Wildman–Crippen LogP) is 4.10. The molecule has 0 unspecified atom stereocenters. The van der Waals surface area contributed by atoms with Gasteiger partial charge in [0.05, 0.1) is 16.7 Å². The number of aryl methyl sites for hydroxylation is 1. The molecule has 1 aliphatic heterocycles. The van der Waals surface area contributed by atoms with Gasteiger partial charge in [-0.15, -0.1) is 0 Å². The van der Waals surface area contributed by atoms with E-state index in [9.17, 15) is 14.9 Å². The third kappa shape index (κ3) is 3.32. The minimum atomic E-state index is -0.414. The van der Waals surface area contributed by atoms with E-state index < -0.39 is 4.92 Å². The number of nitro benzene ring substituents is 1. The van der Waals surface area contributed by atoms with Crippen LogP contribution in [0.2, 0.25) is 5.02 Å². The highest BCUT2D eigenvalue weighted by Crippen LogP contribution is 2.28. The molecule has 26 heavy (non-hydrogen) atoms. The smallest absolute Gasteiger partial charge is 0.272 e. The Morgan fingerprint density at radius 2 is 2.04 bits per heavy atom. The van der Waals surface area contributed by atoms with E-state index in [1.165, 1.54) is 18.0 Å². The van der Waals surface area contributed by atoms with Crippen LogP contribution < -0.4 is 0 Å². The van der Waals surface area contributed by atoms with E-state index in [1.807, 2.05) is 25.1 Å². The zero-order valence-electron chi connectivity index (χ0n) is 14.7. The van der Waals surface area contributed by atoms with Crippen LogP contribution in [0.3, 0.4) is 0 Å². The van der Waals surface area contributed by atoms with Gasteiger partial charge in [-0.1, -0.05) is 17.7 Å². The van der Waals surface area contributed by atoms with Gasteiger partial charge in [-0.3, -0.25) is 14.9 Å². The van der Waals surface area contributed by atoms with E-state index in [0.717, 1.165) is 11.1 Å². The molecule has 3 rings (SSSR count). The van der Waals surface area contributed by atoms with Crippen molar-refractivity contribution in [3.8, 4) is 0 Å². The van der Waals surface area contributed by atoms with Gasteiger partial charge in [0.25, 0.3) is 5.69 Å². The van der Waals surface area contributed by atoms with Crippen LogP contribution in [0.25, 0.3) is 0 Å². The second kappa shape index (κ2) is 6.88. The molecule has 0 aromatic heterocycles. The van der Waals surface area contributed by atoms with Crippen LogP contribution in [-0.4, -0.2) is 27.6 Å². The summed E-state index contributed by atoms with van der Waals surface area (Å²) in [5.41, 5.74) is 3.73. The molecule has 7 heteroatoms. The van der Waals surface area contributed by atoms with Crippen LogP contribution >= 0.6 is 11.6 Å². The van der Waals surface area contributed by atoms with Crippen molar-refractivity contribution in [3.05, 3.63) is 73.8 Å². The minimum Gasteiger partial charge on any atom is -0.273 e. The molecule has 0 aliphatic carbocycles. The fourth-order valence-corrected chi connectivity index (χ4v) is 3.39. The lowest BCUT2D eigenvalue weighted by atomic mass is 9.94. The van der Waals surface area contributed by atoms with Gasteiger partial charge in [-0.25, -0.2) is 5.01 Å². The molecule has 1 atom stereocenters. The number of hydrogen-bond donors (Lipinski definition) is 0. The fourth-order valence-electron chi connectivity index (χ4n) is 3.21. The van der Waals surface area contributed by atoms with Crippen LogP contribution in [0.4, 0.5) is 5.69 Å². The zero-order valence-corrected chi connectivity index (χ0v) is 15.4. The van der Waals surface area contributed by atoms with Gasteiger partial charge in [0.15, 0.2) is 0 Å². The number of hydrazone groups is 1. The molecular formula is C19H18ClN3O3. The standard InChI is InChI=1S/C19H18ClN3O3/c1-11-8-15(5-7-18(11)23(25)26)19-17-10-16(20)6-4-14(17)9-12(2)22(21-19)13(3)24/h4-8,10,12H,9H2,1-3H3/t12-/m0/s1. The third-order valence-corrected chi connectivity index (χ3v) is 4.69. The molecular weight excluding hydrogens is 354 g/mol. The van der Waals surface area contributed by atoms with E-state index >= 15 is 0 Å². The van der Waals surface area contributed by atoms with E-state index in [1.54, 1.807) is 19.1 Å². The van der Waals surface area contributed by atoms with Crippen molar-refractivity contribution >= 4 is 28.9 Å². The van der Waals surface area contributed by atoms with Crippen LogP contribution in [0, 0.1) is 17.0 Å². The van der Waals surface area contributed by atoms with Gasteiger partial charge in [0.2, 0.25) is 5.91 Å². The average Bonchev–Trinajstić information content (AvgIpc) is 2.70. The maximum absolute atomic E-state index is 12.1. The summed E-state index contributed by atoms with van der Waals surface area (Å²) in [6.07, 6.45) is 0.644. The van der Waals surface area contributed by atoms with Crippen molar-refractivity contribution in [2.24, 2.45) is 5.10 Å². The predicted molar refractivity (Wildman–Crippen MR) is 101 cm³/mol. The van der Waals surface area contributed by atoms with E-state index in [4.69, 9.17) is 11.6 Å². The van der Waals surface area contributed by atoms with Crippen LogP contribution in [-0.2, 0) is 11.2 Å². The Kier molecular flexibility index (Phi) is 4.78. The maximum atomic E-state index is 12.1.